The Labute approximate surface area is 117 Å². The van der Waals surface area contributed by atoms with Crippen LogP contribution in [0.1, 0.15) is 18.1 Å². The van der Waals surface area contributed by atoms with Gasteiger partial charge in [0.25, 0.3) is 0 Å². The van der Waals surface area contributed by atoms with Gasteiger partial charge in [-0.15, -0.1) is 10.2 Å². The van der Waals surface area contributed by atoms with Crippen molar-refractivity contribution in [2.45, 2.75) is 27.3 Å². The van der Waals surface area contributed by atoms with Crippen molar-refractivity contribution in [2.75, 3.05) is 0 Å². The van der Waals surface area contributed by atoms with Crippen molar-refractivity contribution >= 4 is 0 Å². The summed E-state index contributed by atoms with van der Waals surface area (Å²) in [5.74, 6) is 0.601. The van der Waals surface area contributed by atoms with Crippen molar-refractivity contribution < 1.29 is 0 Å². The number of tetrazole rings is 1. The minimum Gasteiger partial charge on any atom is -0.240 e. The Hall–Kier alpha value is -2.50. The second kappa shape index (κ2) is 4.88. The SMILES string of the molecule is CCn1nnc(-c2cnn(-c3c(C)cccc3C)c2)n1. The number of rotatable bonds is 3. The summed E-state index contributed by atoms with van der Waals surface area (Å²) in [5, 5.41) is 16.7. The molecule has 0 fully saturated rings. The largest absolute Gasteiger partial charge is 0.240 e. The van der Waals surface area contributed by atoms with Gasteiger partial charge in [0.2, 0.25) is 5.82 Å². The smallest absolute Gasteiger partial charge is 0.208 e. The number of aromatic nitrogens is 6. The highest BCUT2D eigenvalue weighted by Gasteiger charge is 2.11. The first-order chi connectivity index (χ1) is 9.69. The van der Waals surface area contributed by atoms with Crippen LogP contribution in [0, 0.1) is 13.8 Å². The molecule has 0 saturated carbocycles. The normalized spacial score (nSPS) is 10.9. The molecule has 0 radical (unpaired) electrons. The van der Waals surface area contributed by atoms with Crippen molar-refractivity contribution in [3.63, 3.8) is 0 Å². The van der Waals surface area contributed by atoms with Gasteiger partial charge >= 0.3 is 0 Å². The highest BCUT2D eigenvalue weighted by Crippen LogP contribution is 2.20. The van der Waals surface area contributed by atoms with Gasteiger partial charge in [-0.2, -0.15) is 9.90 Å². The van der Waals surface area contributed by atoms with Crippen LogP contribution >= 0.6 is 0 Å². The summed E-state index contributed by atoms with van der Waals surface area (Å²) in [7, 11) is 0. The Morgan fingerprint density at radius 2 is 1.90 bits per heavy atom. The fourth-order valence-corrected chi connectivity index (χ4v) is 2.22. The lowest BCUT2D eigenvalue weighted by Gasteiger charge is -2.08. The Morgan fingerprint density at radius 1 is 1.15 bits per heavy atom. The molecule has 6 heteroatoms. The molecule has 0 spiro atoms. The molecule has 0 amide bonds. The van der Waals surface area contributed by atoms with Gasteiger partial charge in [-0.3, -0.25) is 0 Å². The summed E-state index contributed by atoms with van der Waals surface area (Å²) >= 11 is 0. The van der Waals surface area contributed by atoms with Gasteiger partial charge in [-0.05, 0) is 37.1 Å². The molecule has 20 heavy (non-hydrogen) atoms. The van der Waals surface area contributed by atoms with Crippen LogP contribution in [0.3, 0.4) is 0 Å². The van der Waals surface area contributed by atoms with Crippen LogP contribution in [0.25, 0.3) is 17.1 Å². The zero-order valence-corrected chi connectivity index (χ0v) is 11.8. The van der Waals surface area contributed by atoms with Gasteiger partial charge in [-0.25, -0.2) is 4.68 Å². The lowest BCUT2D eigenvalue weighted by atomic mass is 10.1. The maximum atomic E-state index is 4.42. The van der Waals surface area contributed by atoms with E-state index in [1.165, 1.54) is 11.1 Å². The lowest BCUT2D eigenvalue weighted by molar-refractivity contribution is 0.553. The second-order valence-corrected chi connectivity index (χ2v) is 4.72. The highest BCUT2D eigenvalue weighted by atomic mass is 15.6. The van der Waals surface area contributed by atoms with E-state index in [0.717, 1.165) is 11.3 Å². The van der Waals surface area contributed by atoms with Crippen LogP contribution in [0.4, 0.5) is 0 Å². The van der Waals surface area contributed by atoms with Crippen molar-refractivity contribution in [3.05, 3.63) is 41.7 Å². The predicted molar refractivity (Wildman–Crippen MR) is 75.5 cm³/mol. The van der Waals surface area contributed by atoms with Crippen molar-refractivity contribution in [3.8, 4) is 17.1 Å². The van der Waals surface area contributed by atoms with E-state index in [2.05, 4.69) is 46.5 Å². The van der Waals surface area contributed by atoms with E-state index < -0.39 is 0 Å². The first kappa shape index (κ1) is 12.5. The molecule has 0 aliphatic rings. The van der Waals surface area contributed by atoms with Crippen LogP contribution in [0.2, 0.25) is 0 Å². The van der Waals surface area contributed by atoms with Crippen molar-refractivity contribution in [1.29, 1.82) is 0 Å². The van der Waals surface area contributed by atoms with Gasteiger partial charge in [0, 0.05) is 6.20 Å². The Morgan fingerprint density at radius 3 is 2.55 bits per heavy atom. The quantitative estimate of drug-likeness (QED) is 0.730. The number of nitrogens with zero attached hydrogens (tertiary/aromatic N) is 6. The average molecular weight is 268 g/mol. The fraction of sp³-hybridized carbons (Fsp3) is 0.286. The van der Waals surface area contributed by atoms with Crippen LogP contribution in [-0.4, -0.2) is 30.0 Å². The van der Waals surface area contributed by atoms with E-state index in [0.29, 0.717) is 12.4 Å². The van der Waals surface area contributed by atoms with E-state index in [9.17, 15) is 0 Å². The molecule has 0 saturated heterocycles. The molecule has 0 unspecified atom stereocenters. The maximum absolute atomic E-state index is 4.42. The topological polar surface area (TPSA) is 61.4 Å². The Bertz CT molecular complexity index is 719. The molecule has 2 heterocycles. The summed E-state index contributed by atoms with van der Waals surface area (Å²) in [4.78, 5) is 1.56. The Kier molecular flexibility index (Phi) is 3.06. The summed E-state index contributed by atoms with van der Waals surface area (Å²) < 4.78 is 1.87. The summed E-state index contributed by atoms with van der Waals surface area (Å²) in [6.07, 6.45) is 3.70. The minimum absolute atomic E-state index is 0.601. The van der Waals surface area contributed by atoms with Crippen LogP contribution in [0.5, 0.6) is 0 Å². The molecule has 3 rings (SSSR count). The summed E-state index contributed by atoms with van der Waals surface area (Å²) in [6, 6.07) is 6.21. The summed E-state index contributed by atoms with van der Waals surface area (Å²) in [5.41, 5.74) is 4.34. The number of hydrogen-bond donors (Lipinski definition) is 0. The molecule has 102 valence electrons. The van der Waals surface area contributed by atoms with Crippen LogP contribution in [-0.2, 0) is 6.54 Å². The van der Waals surface area contributed by atoms with E-state index in [1.807, 2.05) is 23.9 Å². The van der Waals surface area contributed by atoms with Crippen LogP contribution < -0.4 is 0 Å². The lowest BCUT2D eigenvalue weighted by Crippen LogP contribution is -2.00. The third kappa shape index (κ3) is 2.09. The molecule has 3 aromatic rings. The molecule has 0 bridgehead atoms. The monoisotopic (exact) mass is 268 g/mol. The standard InChI is InChI=1S/C14H16N6/c1-4-20-17-14(16-18-20)12-8-15-19(9-12)13-10(2)6-5-7-11(13)3/h5-9H,4H2,1-3H3. The third-order valence-electron chi connectivity index (χ3n) is 3.25. The fourth-order valence-electron chi connectivity index (χ4n) is 2.22. The second-order valence-electron chi connectivity index (χ2n) is 4.72. The number of aryl methyl sites for hydroxylation is 3. The van der Waals surface area contributed by atoms with Gasteiger partial charge in [-0.1, -0.05) is 18.2 Å². The molecule has 0 aliphatic carbocycles. The molecule has 2 aromatic heterocycles. The first-order valence-electron chi connectivity index (χ1n) is 6.58. The zero-order chi connectivity index (χ0) is 14.1. The number of hydrogen-bond acceptors (Lipinski definition) is 4. The van der Waals surface area contributed by atoms with Gasteiger partial charge in [0.05, 0.1) is 24.0 Å². The van der Waals surface area contributed by atoms with Crippen molar-refractivity contribution in [2.24, 2.45) is 0 Å². The van der Waals surface area contributed by atoms with Gasteiger partial charge in [0.15, 0.2) is 0 Å². The average Bonchev–Trinajstić information content (AvgIpc) is 3.06. The van der Waals surface area contributed by atoms with Gasteiger partial charge < -0.3 is 0 Å². The number of para-hydroxylation sites is 1. The minimum atomic E-state index is 0.601. The molecular weight excluding hydrogens is 252 g/mol. The first-order valence-corrected chi connectivity index (χ1v) is 6.58. The molecular formula is C14H16N6. The molecule has 0 atom stereocenters. The summed E-state index contributed by atoms with van der Waals surface area (Å²) in [6.45, 7) is 6.84. The third-order valence-corrected chi connectivity index (χ3v) is 3.25. The van der Waals surface area contributed by atoms with E-state index in [1.54, 1.807) is 11.0 Å². The molecule has 1 aromatic carbocycles. The zero-order valence-electron chi connectivity index (χ0n) is 11.8. The Balaban J connectivity index is 2.02. The molecule has 6 nitrogen and oxygen atoms in total. The van der Waals surface area contributed by atoms with E-state index in [-0.39, 0.29) is 0 Å². The molecule has 0 N–H and O–H groups in total. The molecule has 0 aliphatic heterocycles. The predicted octanol–water partition coefficient (Wildman–Crippen LogP) is 2.16. The van der Waals surface area contributed by atoms with Gasteiger partial charge in [0.1, 0.15) is 0 Å². The van der Waals surface area contributed by atoms with E-state index >= 15 is 0 Å². The number of benzene rings is 1. The van der Waals surface area contributed by atoms with Crippen molar-refractivity contribution in [1.82, 2.24) is 30.0 Å². The highest BCUT2D eigenvalue weighted by molar-refractivity contribution is 5.54. The maximum Gasteiger partial charge on any atom is 0.208 e. The van der Waals surface area contributed by atoms with E-state index in [4.69, 9.17) is 0 Å². The van der Waals surface area contributed by atoms with Crippen LogP contribution in [0.15, 0.2) is 30.6 Å².